The summed E-state index contributed by atoms with van der Waals surface area (Å²) < 4.78 is 1.57. The molecule has 1 heterocycles. The minimum Gasteiger partial charge on any atom is -0.507 e. The van der Waals surface area contributed by atoms with E-state index in [1.165, 1.54) is 0 Å². The van der Waals surface area contributed by atoms with Gasteiger partial charge in [-0.2, -0.15) is 0 Å². The predicted octanol–water partition coefficient (Wildman–Crippen LogP) is 3.49. The molecular formula is C17H14ClNO2. The van der Waals surface area contributed by atoms with E-state index in [4.69, 9.17) is 11.6 Å². The van der Waals surface area contributed by atoms with Crippen molar-refractivity contribution >= 4 is 22.5 Å². The van der Waals surface area contributed by atoms with E-state index in [2.05, 4.69) is 0 Å². The number of rotatable bonds is 2. The van der Waals surface area contributed by atoms with Crippen molar-refractivity contribution < 1.29 is 5.11 Å². The average molecular weight is 300 g/mol. The van der Waals surface area contributed by atoms with Crippen molar-refractivity contribution in [2.75, 3.05) is 0 Å². The Kier molecular flexibility index (Phi) is 3.43. The van der Waals surface area contributed by atoms with Gasteiger partial charge in [0.2, 0.25) is 0 Å². The molecule has 0 radical (unpaired) electrons. The number of aromatic nitrogens is 1. The van der Waals surface area contributed by atoms with Crippen molar-refractivity contribution in [3.63, 3.8) is 0 Å². The second-order valence-corrected chi connectivity index (χ2v) is 5.45. The van der Waals surface area contributed by atoms with Crippen LogP contribution in [0.25, 0.3) is 10.9 Å². The van der Waals surface area contributed by atoms with Crippen LogP contribution in [0, 0.1) is 0 Å². The lowest BCUT2D eigenvalue weighted by Crippen LogP contribution is -2.21. The first-order valence-corrected chi connectivity index (χ1v) is 6.99. The number of pyridine rings is 1. The Morgan fingerprint density at radius 1 is 1.10 bits per heavy atom. The van der Waals surface area contributed by atoms with Crippen molar-refractivity contribution in [3.8, 4) is 5.75 Å². The number of para-hydroxylation sites is 1. The number of hydrogen-bond acceptors (Lipinski definition) is 2. The minimum absolute atomic E-state index is 0.0589. The third-order valence-corrected chi connectivity index (χ3v) is 3.92. The van der Waals surface area contributed by atoms with Gasteiger partial charge in [0.15, 0.2) is 0 Å². The molecule has 0 saturated carbocycles. The molecule has 0 atom stereocenters. The molecule has 1 aromatic heterocycles. The summed E-state index contributed by atoms with van der Waals surface area (Å²) in [6, 6.07) is 14.6. The minimum atomic E-state index is -0.179. The third-order valence-electron chi connectivity index (χ3n) is 3.66. The summed E-state index contributed by atoms with van der Waals surface area (Å²) in [4.78, 5) is 12.5. The number of aromatic hydroxyl groups is 1. The Balaban J connectivity index is 2.18. The Morgan fingerprint density at radius 3 is 2.48 bits per heavy atom. The van der Waals surface area contributed by atoms with Crippen LogP contribution in [0.1, 0.15) is 11.1 Å². The van der Waals surface area contributed by atoms with Gasteiger partial charge in [-0.05, 0) is 29.8 Å². The van der Waals surface area contributed by atoms with Crippen LogP contribution in [0.5, 0.6) is 5.75 Å². The quantitative estimate of drug-likeness (QED) is 0.787. The van der Waals surface area contributed by atoms with Gasteiger partial charge in [-0.1, -0.05) is 35.9 Å². The van der Waals surface area contributed by atoms with Gasteiger partial charge in [-0.25, -0.2) is 0 Å². The highest BCUT2D eigenvalue weighted by Crippen LogP contribution is 2.27. The van der Waals surface area contributed by atoms with Gasteiger partial charge in [0.1, 0.15) is 5.75 Å². The third kappa shape index (κ3) is 2.41. The molecule has 3 aromatic rings. The first kappa shape index (κ1) is 13.7. The number of fused-ring (bicyclic) bond motifs is 1. The maximum atomic E-state index is 12.5. The Labute approximate surface area is 127 Å². The fourth-order valence-electron chi connectivity index (χ4n) is 2.51. The van der Waals surface area contributed by atoms with Crippen LogP contribution >= 0.6 is 11.6 Å². The SMILES string of the molecule is Cn1c(=O)c(Cc2ccc(Cl)cc2)c(O)c2ccccc21. The fraction of sp³-hybridized carbons (Fsp3) is 0.118. The molecule has 0 aliphatic heterocycles. The lowest BCUT2D eigenvalue weighted by Gasteiger charge is -2.11. The van der Waals surface area contributed by atoms with Gasteiger partial charge in [-0.3, -0.25) is 4.79 Å². The molecule has 4 heteroatoms. The summed E-state index contributed by atoms with van der Waals surface area (Å²) in [5, 5.41) is 11.8. The Morgan fingerprint density at radius 2 is 1.76 bits per heavy atom. The number of benzene rings is 2. The highest BCUT2D eigenvalue weighted by Gasteiger charge is 2.14. The zero-order valence-corrected chi connectivity index (χ0v) is 12.3. The van der Waals surface area contributed by atoms with Crippen molar-refractivity contribution in [3.05, 3.63) is 75.0 Å². The molecule has 0 bridgehead atoms. The normalized spacial score (nSPS) is 11.0. The topological polar surface area (TPSA) is 42.2 Å². The predicted molar refractivity (Wildman–Crippen MR) is 85.1 cm³/mol. The van der Waals surface area contributed by atoms with Crippen molar-refractivity contribution in [1.29, 1.82) is 0 Å². The van der Waals surface area contributed by atoms with Gasteiger partial charge in [0.25, 0.3) is 5.56 Å². The van der Waals surface area contributed by atoms with Gasteiger partial charge in [0.05, 0.1) is 11.1 Å². The van der Waals surface area contributed by atoms with Crippen molar-refractivity contribution in [2.45, 2.75) is 6.42 Å². The molecule has 106 valence electrons. The Bertz CT molecular complexity index is 866. The van der Waals surface area contributed by atoms with E-state index in [0.717, 1.165) is 11.1 Å². The molecule has 0 unspecified atom stereocenters. The van der Waals surface area contributed by atoms with E-state index < -0.39 is 0 Å². The lowest BCUT2D eigenvalue weighted by atomic mass is 10.0. The largest absolute Gasteiger partial charge is 0.507 e. The second-order valence-electron chi connectivity index (χ2n) is 5.01. The first-order chi connectivity index (χ1) is 10.1. The monoisotopic (exact) mass is 299 g/mol. The Hall–Kier alpha value is -2.26. The van der Waals surface area contributed by atoms with Crippen LogP contribution < -0.4 is 5.56 Å². The molecule has 21 heavy (non-hydrogen) atoms. The zero-order chi connectivity index (χ0) is 15.0. The average Bonchev–Trinajstić information content (AvgIpc) is 2.51. The van der Waals surface area contributed by atoms with Crippen molar-refractivity contribution in [1.82, 2.24) is 4.57 Å². The standard InChI is InChI=1S/C17H14ClNO2/c1-19-15-5-3-2-4-13(15)16(20)14(17(19)21)10-11-6-8-12(18)9-7-11/h2-9,20H,10H2,1H3. The molecule has 2 aromatic carbocycles. The number of nitrogens with zero attached hydrogens (tertiary/aromatic N) is 1. The van der Waals surface area contributed by atoms with Crippen LogP contribution in [0.2, 0.25) is 5.02 Å². The maximum absolute atomic E-state index is 12.5. The van der Waals surface area contributed by atoms with E-state index in [1.54, 1.807) is 23.7 Å². The highest BCUT2D eigenvalue weighted by atomic mass is 35.5. The molecule has 3 nitrogen and oxygen atoms in total. The summed E-state index contributed by atoms with van der Waals surface area (Å²) in [7, 11) is 1.72. The molecule has 0 aliphatic carbocycles. The molecule has 0 spiro atoms. The number of aryl methyl sites for hydroxylation is 1. The maximum Gasteiger partial charge on any atom is 0.258 e. The lowest BCUT2D eigenvalue weighted by molar-refractivity contribution is 0.473. The molecular weight excluding hydrogens is 286 g/mol. The van der Waals surface area contributed by atoms with Gasteiger partial charge < -0.3 is 9.67 Å². The molecule has 0 amide bonds. The molecule has 3 rings (SSSR count). The van der Waals surface area contributed by atoms with Gasteiger partial charge >= 0.3 is 0 Å². The smallest absolute Gasteiger partial charge is 0.258 e. The van der Waals surface area contributed by atoms with Crippen LogP contribution in [0.15, 0.2) is 53.3 Å². The van der Waals surface area contributed by atoms with Gasteiger partial charge in [-0.15, -0.1) is 0 Å². The highest BCUT2D eigenvalue weighted by molar-refractivity contribution is 6.30. The van der Waals surface area contributed by atoms with Crippen LogP contribution in [0.4, 0.5) is 0 Å². The molecule has 1 N–H and O–H groups in total. The van der Waals surface area contributed by atoms with Crippen LogP contribution in [-0.2, 0) is 13.5 Å². The van der Waals surface area contributed by atoms with E-state index >= 15 is 0 Å². The van der Waals surface area contributed by atoms with E-state index in [1.807, 2.05) is 36.4 Å². The summed E-state index contributed by atoms with van der Waals surface area (Å²) in [6.45, 7) is 0. The molecule has 0 fully saturated rings. The van der Waals surface area contributed by atoms with Crippen molar-refractivity contribution in [2.24, 2.45) is 7.05 Å². The number of halogens is 1. The summed E-state index contributed by atoms with van der Waals surface area (Å²) in [6.07, 6.45) is 0.376. The molecule has 0 aliphatic rings. The first-order valence-electron chi connectivity index (χ1n) is 6.62. The van der Waals surface area contributed by atoms with E-state index in [0.29, 0.717) is 22.4 Å². The van der Waals surface area contributed by atoms with Crippen LogP contribution in [-0.4, -0.2) is 9.67 Å². The fourth-order valence-corrected chi connectivity index (χ4v) is 2.63. The second kappa shape index (κ2) is 5.26. The van der Waals surface area contributed by atoms with E-state index in [9.17, 15) is 9.90 Å². The summed E-state index contributed by atoms with van der Waals surface area (Å²) >= 11 is 5.87. The molecule has 0 saturated heterocycles. The van der Waals surface area contributed by atoms with E-state index in [-0.39, 0.29) is 11.3 Å². The van der Waals surface area contributed by atoms with Crippen LogP contribution in [0.3, 0.4) is 0 Å². The summed E-state index contributed by atoms with van der Waals surface area (Å²) in [5.41, 5.74) is 1.88. The number of hydrogen-bond donors (Lipinski definition) is 1. The zero-order valence-electron chi connectivity index (χ0n) is 11.5. The van der Waals surface area contributed by atoms with Gasteiger partial charge in [0, 0.05) is 23.9 Å². The summed E-state index contributed by atoms with van der Waals surface area (Å²) in [5.74, 6) is 0.0589.